The van der Waals surface area contributed by atoms with Crippen molar-refractivity contribution in [2.45, 2.75) is 37.8 Å². The zero-order valence-electron chi connectivity index (χ0n) is 15.4. The third-order valence-corrected chi connectivity index (χ3v) is 6.44. The minimum absolute atomic E-state index is 0.113. The number of sulfonamides is 1. The number of piperidine rings is 2. The Labute approximate surface area is 159 Å². The van der Waals surface area contributed by atoms with E-state index in [1.54, 1.807) is 29.2 Å². The van der Waals surface area contributed by atoms with Crippen molar-refractivity contribution >= 4 is 27.5 Å². The summed E-state index contributed by atoms with van der Waals surface area (Å²) in [5.74, 6) is -0.137. The van der Waals surface area contributed by atoms with Crippen molar-refractivity contribution in [3.63, 3.8) is 0 Å². The lowest BCUT2D eigenvalue weighted by Crippen LogP contribution is -2.58. The smallest absolute Gasteiger partial charge is 0.251 e. The fraction of sp³-hybridized carbons (Fsp3) is 0.556. The topological polar surface area (TPSA) is 113 Å². The van der Waals surface area contributed by atoms with Crippen molar-refractivity contribution in [3.8, 4) is 0 Å². The lowest BCUT2D eigenvalue weighted by atomic mass is 10.0. The van der Waals surface area contributed by atoms with Gasteiger partial charge >= 0.3 is 0 Å². The first-order chi connectivity index (χ1) is 12.8. The highest BCUT2D eigenvalue weighted by Crippen LogP contribution is 2.21. The van der Waals surface area contributed by atoms with Gasteiger partial charge in [0.2, 0.25) is 15.9 Å². The molecule has 0 radical (unpaired) electrons. The van der Waals surface area contributed by atoms with Gasteiger partial charge in [0, 0.05) is 49.4 Å². The van der Waals surface area contributed by atoms with Crippen LogP contribution in [-0.2, 0) is 14.8 Å². The Kier molecular flexibility index (Phi) is 5.83. The number of nitrogens with two attached hydrogens (primary N) is 1. The van der Waals surface area contributed by atoms with Crippen LogP contribution in [0.25, 0.3) is 0 Å². The van der Waals surface area contributed by atoms with Crippen molar-refractivity contribution in [3.05, 3.63) is 29.8 Å². The molecule has 1 aromatic rings. The monoisotopic (exact) mass is 394 g/mol. The van der Waals surface area contributed by atoms with Crippen LogP contribution in [0.2, 0.25) is 0 Å². The van der Waals surface area contributed by atoms with Crippen LogP contribution < -0.4 is 16.0 Å². The number of carbonyl (C=O) groups excluding carboxylic acids is 2. The molecule has 2 aliphatic heterocycles. The molecule has 0 aliphatic carbocycles. The average molecular weight is 394 g/mol. The van der Waals surface area contributed by atoms with E-state index in [4.69, 9.17) is 5.73 Å². The molecule has 148 valence electrons. The maximum Gasteiger partial charge on any atom is 0.251 e. The van der Waals surface area contributed by atoms with Crippen molar-refractivity contribution in [1.82, 2.24) is 9.62 Å². The Morgan fingerprint density at radius 2 is 1.89 bits per heavy atom. The minimum atomic E-state index is -3.27. The first kappa shape index (κ1) is 19.8. The average Bonchev–Trinajstić information content (AvgIpc) is 2.63. The number of rotatable bonds is 4. The van der Waals surface area contributed by atoms with E-state index in [0.717, 1.165) is 24.8 Å². The molecule has 1 aromatic carbocycles. The molecule has 0 bridgehead atoms. The molecule has 2 amide bonds. The van der Waals surface area contributed by atoms with Crippen LogP contribution in [-0.4, -0.2) is 62.5 Å². The van der Waals surface area contributed by atoms with Gasteiger partial charge in [0.05, 0.1) is 6.26 Å². The summed E-state index contributed by atoms with van der Waals surface area (Å²) in [6.07, 6.45) is 4.10. The summed E-state index contributed by atoms with van der Waals surface area (Å²) in [5, 5.41) is 2.90. The van der Waals surface area contributed by atoms with E-state index in [2.05, 4.69) is 5.32 Å². The number of nitrogens with one attached hydrogen (secondary N) is 1. The lowest BCUT2D eigenvalue weighted by molar-refractivity contribution is -0.119. The van der Waals surface area contributed by atoms with Gasteiger partial charge in [-0.15, -0.1) is 0 Å². The quantitative estimate of drug-likeness (QED) is 0.762. The third-order valence-electron chi connectivity index (χ3n) is 5.17. The molecule has 2 atom stereocenters. The Bertz CT molecular complexity index is 809. The molecule has 2 unspecified atom stereocenters. The first-order valence-electron chi connectivity index (χ1n) is 9.18. The molecule has 0 spiro atoms. The lowest BCUT2D eigenvalue weighted by Gasteiger charge is -2.35. The van der Waals surface area contributed by atoms with Crippen LogP contribution in [0.15, 0.2) is 24.3 Å². The number of benzene rings is 1. The van der Waals surface area contributed by atoms with Crippen molar-refractivity contribution < 1.29 is 18.0 Å². The molecule has 3 N–H and O–H groups in total. The number of amides is 2. The normalized spacial score (nSPS) is 24.7. The summed E-state index contributed by atoms with van der Waals surface area (Å²) in [4.78, 5) is 26.3. The van der Waals surface area contributed by atoms with Gasteiger partial charge in [0.1, 0.15) is 0 Å². The second-order valence-electron chi connectivity index (χ2n) is 7.20. The van der Waals surface area contributed by atoms with Gasteiger partial charge in [-0.25, -0.2) is 12.7 Å². The fourth-order valence-electron chi connectivity index (χ4n) is 3.55. The van der Waals surface area contributed by atoms with Gasteiger partial charge in [-0.3, -0.25) is 9.59 Å². The second-order valence-corrected chi connectivity index (χ2v) is 9.19. The molecule has 2 heterocycles. The predicted octanol–water partition coefficient (Wildman–Crippen LogP) is 0.295. The number of anilines is 1. The van der Waals surface area contributed by atoms with Crippen LogP contribution in [0.1, 0.15) is 36.0 Å². The molecule has 27 heavy (non-hydrogen) atoms. The Morgan fingerprint density at radius 3 is 2.48 bits per heavy atom. The van der Waals surface area contributed by atoms with Crippen molar-refractivity contribution in [2.24, 2.45) is 5.73 Å². The molecule has 8 nitrogen and oxygen atoms in total. The van der Waals surface area contributed by atoms with Gasteiger partial charge in [-0.2, -0.15) is 0 Å². The fourth-order valence-corrected chi connectivity index (χ4v) is 4.43. The molecule has 3 rings (SSSR count). The standard InChI is InChI=1S/C18H26N4O4S/c1-27(25,26)21-11-9-16(15(19)12-21)20-18(24)13-5-7-14(8-6-13)22-10-3-2-4-17(22)23/h5-8,15-16H,2-4,9-12,19H2,1H3,(H,20,24). The molecular weight excluding hydrogens is 368 g/mol. The van der Waals surface area contributed by atoms with Gasteiger partial charge < -0.3 is 16.0 Å². The van der Waals surface area contributed by atoms with Crippen LogP contribution in [0.3, 0.4) is 0 Å². The van der Waals surface area contributed by atoms with E-state index in [1.165, 1.54) is 4.31 Å². The Morgan fingerprint density at radius 1 is 1.19 bits per heavy atom. The van der Waals surface area contributed by atoms with Gasteiger partial charge in [-0.05, 0) is 43.5 Å². The summed E-state index contributed by atoms with van der Waals surface area (Å²) in [6, 6.07) is 6.23. The molecule has 2 aliphatic rings. The maximum absolute atomic E-state index is 12.5. The SMILES string of the molecule is CS(=O)(=O)N1CCC(NC(=O)c2ccc(N3CCCCC3=O)cc2)C(N)C1. The molecule has 9 heteroatoms. The summed E-state index contributed by atoms with van der Waals surface area (Å²) in [5.41, 5.74) is 7.35. The molecular formula is C18H26N4O4S. The zero-order valence-corrected chi connectivity index (χ0v) is 16.2. The van der Waals surface area contributed by atoms with Crippen LogP contribution >= 0.6 is 0 Å². The van der Waals surface area contributed by atoms with E-state index < -0.39 is 16.1 Å². The number of nitrogens with zero attached hydrogens (tertiary/aromatic N) is 2. The van der Waals surface area contributed by atoms with Crippen molar-refractivity contribution in [2.75, 3.05) is 30.8 Å². The predicted molar refractivity (Wildman–Crippen MR) is 103 cm³/mol. The van der Waals surface area contributed by atoms with Gasteiger partial charge in [-0.1, -0.05) is 0 Å². The number of hydrogen-bond donors (Lipinski definition) is 2. The number of carbonyl (C=O) groups is 2. The third kappa shape index (κ3) is 4.66. The van der Waals surface area contributed by atoms with E-state index in [9.17, 15) is 18.0 Å². The van der Waals surface area contributed by atoms with E-state index in [1.807, 2.05) is 0 Å². The summed E-state index contributed by atoms with van der Waals surface area (Å²) in [7, 11) is -3.27. The van der Waals surface area contributed by atoms with Gasteiger partial charge in [0.25, 0.3) is 5.91 Å². The Balaban J connectivity index is 1.61. The first-order valence-corrected chi connectivity index (χ1v) is 11.0. The summed E-state index contributed by atoms with van der Waals surface area (Å²) < 4.78 is 24.6. The summed E-state index contributed by atoms with van der Waals surface area (Å²) in [6.45, 7) is 1.24. The number of hydrogen-bond acceptors (Lipinski definition) is 5. The zero-order chi connectivity index (χ0) is 19.6. The highest BCUT2D eigenvalue weighted by atomic mass is 32.2. The van der Waals surface area contributed by atoms with Crippen LogP contribution in [0.4, 0.5) is 5.69 Å². The largest absolute Gasteiger partial charge is 0.348 e. The Hall–Kier alpha value is -1.97. The molecule has 2 saturated heterocycles. The van der Waals surface area contributed by atoms with E-state index in [0.29, 0.717) is 31.5 Å². The van der Waals surface area contributed by atoms with Crippen LogP contribution in [0.5, 0.6) is 0 Å². The summed E-state index contributed by atoms with van der Waals surface area (Å²) >= 11 is 0. The molecule has 0 saturated carbocycles. The van der Waals surface area contributed by atoms with Gasteiger partial charge in [0.15, 0.2) is 0 Å². The molecule has 0 aromatic heterocycles. The van der Waals surface area contributed by atoms with Crippen LogP contribution in [0, 0.1) is 0 Å². The highest BCUT2D eigenvalue weighted by Gasteiger charge is 2.32. The highest BCUT2D eigenvalue weighted by molar-refractivity contribution is 7.88. The van der Waals surface area contributed by atoms with Crippen molar-refractivity contribution in [1.29, 1.82) is 0 Å². The molecule has 2 fully saturated rings. The second kappa shape index (κ2) is 7.95. The minimum Gasteiger partial charge on any atom is -0.348 e. The maximum atomic E-state index is 12.5. The van der Waals surface area contributed by atoms with E-state index in [-0.39, 0.29) is 24.4 Å². The van der Waals surface area contributed by atoms with E-state index >= 15 is 0 Å².